The summed E-state index contributed by atoms with van der Waals surface area (Å²) in [5, 5.41) is 4.82. The Hall–Kier alpha value is -0.800. The van der Waals surface area contributed by atoms with Crippen molar-refractivity contribution in [3.05, 3.63) is 34.4 Å². The third-order valence-corrected chi connectivity index (χ3v) is 3.79. The van der Waals surface area contributed by atoms with Gasteiger partial charge < -0.3 is 10.3 Å². The van der Waals surface area contributed by atoms with E-state index in [4.69, 9.17) is 0 Å². The van der Waals surface area contributed by atoms with Crippen LogP contribution in [-0.4, -0.2) is 11.5 Å². The lowest BCUT2D eigenvalue weighted by Crippen LogP contribution is -2.13. The molecule has 1 unspecified atom stereocenters. The van der Waals surface area contributed by atoms with Crippen LogP contribution < -0.4 is 5.32 Å². The minimum absolute atomic E-state index is 0.527. The third kappa shape index (κ3) is 1.50. The topological polar surface area (TPSA) is 27.8 Å². The van der Waals surface area contributed by atoms with E-state index in [1.165, 1.54) is 29.3 Å². The second kappa shape index (κ2) is 3.65. The summed E-state index contributed by atoms with van der Waals surface area (Å²) in [4.78, 5) is 3.35. The predicted molar refractivity (Wildman–Crippen MR) is 66.0 cm³/mol. The van der Waals surface area contributed by atoms with E-state index in [9.17, 15) is 0 Å². The maximum absolute atomic E-state index is 3.56. The number of aromatic nitrogens is 1. The van der Waals surface area contributed by atoms with Crippen LogP contribution in [0.25, 0.3) is 10.9 Å². The van der Waals surface area contributed by atoms with Gasteiger partial charge in [-0.2, -0.15) is 0 Å². The number of halogens is 1. The van der Waals surface area contributed by atoms with Gasteiger partial charge in [0.2, 0.25) is 0 Å². The van der Waals surface area contributed by atoms with Gasteiger partial charge in [-0.15, -0.1) is 0 Å². The molecule has 78 valence electrons. The lowest BCUT2D eigenvalue weighted by Gasteiger charge is -2.11. The molecule has 0 radical (unpaired) electrons. The number of H-pyrrole nitrogens is 1. The van der Waals surface area contributed by atoms with Crippen molar-refractivity contribution in [1.82, 2.24) is 10.3 Å². The van der Waals surface area contributed by atoms with Crippen LogP contribution in [0.5, 0.6) is 0 Å². The standard InChI is InChI=1S/C12H13BrN2/c13-10-7-15-12-8(10)3-1-4-9(12)11-5-2-6-14-11/h1,3-4,7,11,14-15H,2,5-6H2. The van der Waals surface area contributed by atoms with Crippen molar-refractivity contribution in [3.8, 4) is 0 Å². The van der Waals surface area contributed by atoms with Gasteiger partial charge >= 0.3 is 0 Å². The van der Waals surface area contributed by atoms with Crippen molar-refractivity contribution in [2.75, 3.05) is 6.54 Å². The van der Waals surface area contributed by atoms with Gasteiger partial charge in [0.25, 0.3) is 0 Å². The first-order valence-electron chi connectivity index (χ1n) is 5.35. The molecule has 2 N–H and O–H groups in total. The van der Waals surface area contributed by atoms with E-state index in [0.717, 1.165) is 11.0 Å². The first-order valence-corrected chi connectivity index (χ1v) is 6.14. The molecule has 2 aromatic rings. The molecule has 1 fully saturated rings. The highest BCUT2D eigenvalue weighted by Crippen LogP contribution is 2.32. The molecular formula is C12H13BrN2. The first-order chi connectivity index (χ1) is 7.36. The van der Waals surface area contributed by atoms with Gasteiger partial charge in [-0.25, -0.2) is 0 Å². The smallest absolute Gasteiger partial charge is 0.0514 e. The summed E-state index contributed by atoms with van der Waals surface area (Å²) < 4.78 is 1.15. The number of benzene rings is 1. The first kappa shape index (κ1) is 9.43. The molecule has 2 heterocycles. The summed E-state index contributed by atoms with van der Waals surface area (Å²) in [6, 6.07) is 7.03. The summed E-state index contributed by atoms with van der Waals surface area (Å²) >= 11 is 3.56. The van der Waals surface area contributed by atoms with Crippen LogP contribution in [0.2, 0.25) is 0 Å². The molecule has 2 nitrogen and oxygen atoms in total. The van der Waals surface area contributed by atoms with Crippen molar-refractivity contribution in [2.45, 2.75) is 18.9 Å². The maximum atomic E-state index is 3.56. The maximum Gasteiger partial charge on any atom is 0.0514 e. The molecule has 1 atom stereocenters. The normalized spacial score (nSPS) is 21.3. The number of nitrogens with one attached hydrogen (secondary N) is 2. The molecule has 1 aromatic carbocycles. The zero-order valence-corrected chi connectivity index (χ0v) is 9.97. The lowest BCUT2D eigenvalue weighted by atomic mass is 10.0. The number of aromatic amines is 1. The van der Waals surface area contributed by atoms with Crippen molar-refractivity contribution in [2.24, 2.45) is 0 Å². The second-order valence-corrected chi connectivity index (χ2v) is 4.91. The molecule has 3 heteroatoms. The van der Waals surface area contributed by atoms with E-state index in [-0.39, 0.29) is 0 Å². The van der Waals surface area contributed by atoms with Gasteiger partial charge in [-0.1, -0.05) is 18.2 Å². The minimum Gasteiger partial charge on any atom is -0.360 e. The average molecular weight is 265 g/mol. The molecule has 0 amide bonds. The Kier molecular flexibility index (Phi) is 2.29. The Morgan fingerprint density at radius 3 is 3.07 bits per heavy atom. The lowest BCUT2D eigenvalue weighted by molar-refractivity contribution is 0.652. The van der Waals surface area contributed by atoms with E-state index in [2.05, 4.69) is 44.4 Å². The predicted octanol–water partition coefficient (Wildman–Crippen LogP) is 3.35. The van der Waals surface area contributed by atoms with Gasteiger partial charge in [0.05, 0.1) is 5.52 Å². The molecule has 15 heavy (non-hydrogen) atoms. The van der Waals surface area contributed by atoms with Crippen LogP contribution in [-0.2, 0) is 0 Å². The minimum atomic E-state index is 0.527. The molecule has 1 aliphatic rings. The Morgan fingerprint density at radius 1 is 1.33 bits per heavy atom. The highest BCUT2D eigenvalue weighted by Gasteiger charge is 2.19. The summed E-state index contributed by atoms with van der Waals surface area (Å²) in [6.07, 6.45) is 4.54. The highest BCUT2D eigenvalue weighted by molar-refractivity contribution is 9.10. The molecular weight excluding hydrogens is 252 g/mol. The summed E-state index contributed by atoms with van der Waals surface area (Å²) in [5.74, 6) is 0. The fourth-order valence-electron chi connectivity index (χ4n) is 2.38. The number of rotatable bonds is 1. The van der Waals surface area contributed by atoms with Crippen LogP contribution in [0.15, 0.2) is 28.9 Å². The average Bonchev–Trinajstić information content (AvgIpc) is 2.88. The Bertz CT molecular complexity index is 483. The third-order valence-electron chi connectivity index (χ3n) is 3.13. The fourth-order valence-corrected chi connectivity index (χ4v) is 2.83. The van der Waals surface area contributed by atoms with Crippen molar-refractivity contribution in [1.29, 1.82) is 0 Å². The molecule has 1 saturated heterocycles. The zero-order chi connectivity index (χ0) is 10.3. The van der Waals surface area contributed by atoms with Crippen molar-refractivity contribution < 1.29 is 0 Å². The highest BCUT2D eigenvalue weighted by atomic mass is 79.9. The SMILES string of the molecule is Brc1c[nH]c2c(C3CCCN3)cccc12. The monoisotopic (exact) mass is 264 g/mol. The summed E-state index contributed by atoms with van der Waals surface area (Å²) in [6.45, 7) is 1.14. The molecule has 3 rings (SSSR count). The Morgan fingerprint density at radius 2 is 2.27 bits per heavy atom. The molecule has 0 spiro atoms. The summed E-state index contributed by atoms with van der Waals surface area (Å²) in [7, 11) is 0. The van der Waals surface area contributed by atoms with Crippen LogP contribution in [0.1, 0.15) is 24.4 Å². The van der Waals surface area contributed by atoms with E-state index in [0.29, 0.717) is 6.04 Å². The quantitative estimate of drug-likeness (QED) is 0.813. The van der Waals surface area contributed by atoms with Crippen LogP contribution in [0.3, 0.4) is 0 Å². The van der Waals surface area contributed by atoms with E-state index in [1.807, 2.05) is 6.20 Å². The Balaban J connectivity index is 2.17. The van der Waals surface area contributed by atoms with Gasteiger partial charge in [-0.3, -0.25) is 0 Å². The molecule has 1 aliphatic heterocycles. The van der Waals surface area contributed by atoms with Gasteiger partial charge in [0.15, 0.2) is 0 Å². The van der Waals surface area contributed by atoms with Gasteiger partial charge in [0.1, 0.15) is 0 Å². The Labute approximate surface area is 97.2 Å². The zero-order valence-electron chi connectivity index (χ0n) is 8.39. The van der Waals surface area contributed by atoms with Gasteiger partial charge in [-0.05, 0) is 40.9 Å². The summed E-state index contributed by atoms with van der Waals surface area (Å²) in [5.41, 5.74) is 2.67. The van der Waals surface area contributed by atoms with Crippen LogP contribution in [0.4, 0.5) is 0 Å². The second-order valence-electron chi connectivity index (χ2n) is 4.06. The molecule has 1 aromatic heterocycles. The van der Waals surface area contributed by atoms with E-state index in [1.54, 1.807) is 0 Å². The number of hydrogen-bond donors (Lipinski definition) is 2. The fraction of sp³-hybridized carbons (Fsp3) is 0.333. The van der Waals surface area contributed by atoms with Crippen LogP contribution >= 0.6 is 15.9 Å². The number of hydrogen-bond acceptors (Lipinski definition) is 1. The van der Waals surface area contributed by atoms with Crippen molar-refractivity contribution >= 4 is 26.8 Å². The number of fused-ring (bicyclic) bond motifs is 1. The van der Waals surface area contributed by atoms with Crippen molar-refractivity contribution in [3.63, 3.8) is 0 Å². The number of para-hydroxylation sites is 1. The molecule has 0 aliphatic carbocycles. The van der Waals surface area contributed by atoms with E-state index < -0.39 is 0 Å². The molecule has 0 saturated carbocycles. The van der Waals surface area contributed by atoms with Gasteiger partial charge in [0, 0.05) is 22.1 Å². The largest absolute Gasteiger partial charge is 0.360 e. The van der Waals surface area contributed by atoms with E-state index >= 15 is 0 Å². The van der Waals surface area contributed by atoms with Crippen LogP contribution in [0, 0.1) is 0 Å². The molecule has 0 bridgehead atoms.